The standard InChI is InChI=1S/C19H14Cl3NO4/c1-12-17(11-25-16-4-2-3-13(9-16)10-24)23-18(26-12)14-5-7-15(8-6-14)27-19(20,21)22/h2-10H,11H2,1H3. The first-order valence-electron chi connectivity index (χ1n) is 7.84. The molecule has 3 aromatic rings. The van der Waals surface area contributed by atoms with Crippen molar-refractivity contribution in [2.24, 2.45) is 0 Å². The van der Waals surface area contributed by atoms with Crippen LogP contribution >= 0.6 is 34.8 Å². The molecule has 0 N–H and O–H groups in total. The van der Waals surface area contributed by atoms with Crippen molar-refractivity contribution in [3.63, 3.8) is 0 Å². The van der Waals surface area contributed by atoms with Crippen LogP contribution in [0.3, 0.4) is 0 Å². The van der Waals surface area contributed by atoms with Crippen molar-refractivity contribution in [3.8, 4) is 23.0 Å². The lowest BCUT2D eigenvalue weighted by Gasteiger charge is -2.13. The number of halogens is 3. The van der Waals surface area contributed by atoms with Crippen molar-refractivity contribution in [1.29, 1.82) is 0 Å². The largest absolute Gasteiger partial charge is 0.487 e. The second kappa shape index (κ2) is 8.21. The zero-order valence-electron chi connectivity index (χ0n) is 14.1. The number of aryl methyl sites for hydroxylation is 1. The fraction of sp³-hybridized carbons (Fsp3) is 0.158. The molecule has 0 radical (unpaired) electrons. The van der Waals surface area contributed by atoms with Crippen LogP contribution in [0.4, 0.5) is 0 Å². The number of carbonyl (C=O) groups is 1. The quantitative estimate of drug-likeness (QED) is 0.371. The van der Waals surface area contributed by atoms with Gasteiger partial charge in [0, 0.05) is 11.1 Å². The molecule has 0 spiro atoms. The summed E-state index contributed by atoms with van der Waals surface area (Å²) in [6, 6.07) is 13.7. The second-order valence-corrected chi connectivity index (χ2v) is 7.75. The Balaban J connectivity index is 1.71. The van der Waals surface area contributed by atoms with E-state index in [1.165, 1.54) is 0 Å². The van der Waals surface area contributed by atoms with Crippen molar-refractivity contribution < 1.29 is 18.7 Å². The number of rotatable bonds is 6. The van der Waals surface area contributed by atoms with Crippen LogP contribution in [-0.2, 0) is 6.61 Å². The molecular weight excluding hydrogens is 413 g/mol. The number of alkyl halides is 3. The average molecular weight is 427 g/mol. The van der Waals surface area contributed by atoms with Gasteiger partial charge in [-0.05, 0) is 78.1 Å². The molecule has 0 saturated carbocycles. The number of hydrogen-bond donors (Lipinski definition) is 0. The van der Waals surface area contributed by atoms with E-state index in [0.717, 1.165) is 11.8 Å². The van der Waals surface area contributed by atoms with E-state index >= 15 is 0 Å². The third-order valence-corrected chi connectivity index (χ3v) is 3.83. The molecule has 0 bridgehead atoms. The molecule has 1 heterocycles. The summed E-state index contributed by atoms with van der Waals surface area (Å²) in [6.45, 7) is 2.02. The van der Waals surface area contributed by atoms with E-state index in [9.17, 15) is 4.79 Å². The number of nitrogens with zero attached hydrogens (tertiary/aromatic N) is 1. The van der Waals surface area contributed by atoms with Crippen LogP contribution in [0.5, 0.6) is 11.5 Å². The number of hydrogen-bond acceptors (Lipinski definition) is 5. The number of benzene rings is 2. The van der Waals surface area contributed by atoms with E-state index in [4.69, 9.17) is 48.7 Å². The highest BCUT2D eigenvalue weighted by Gasteiger charge is 2.21. The maximum Gasteiger partial charge on any atom is 0.338 e. The van der Waals surface area contributed by atoms with Crippen LogP contribution in [0.25, 0.3) is 11.5 Å². The summed E-state index contributed by atoms with van der Waals surface area (Å²) in [7, 11) is 0. The Hall–Kier alpha value is -2.21. The van der Waals surface area contributed by atoms with Gasteiger partial charge in [0.1, 0.15) is 35.8 Å². The first kappa shape index (κ1) is 19.5. The minimum absolute atomic E-state index is 0.214. The predicted octanol–water partition coefficient (Wildman–Crippen LogP) is 5.75. The molecule has 27 heavy (non-hydrogen) atoms. The Morgan fingerprint density at radius 1 is 1.11 bits per heavy atom. The van der Waals surface area contributed by atoms with Gasteiger partial charge in [0.05, 0.1) is 0 Å². The van der Waals surface area contributed by atoms with Crippen molar-refractivity contribution in [3.05, 3.63) is 65.5 Å². The van der Waals surface area contributed by atoms with E-state index in [1.54, 1.807) is 55.5 Å². The Morgan fingerprint density at radius 3 is 2.52 bits per heavy atom. The number of ether oxygens (including phenoxy) is 2. The zero-order chi connectivity index (χ0) is 19.4. The first-order valence-corrected chi connectivity index (χ1v) is 8.98. The average Bonchev–Trinajstić information content (AvgIpc) is 3.00. The van der Waals surface area contributed by atoms with E-state index in [1.807, 2.05) is 0 Å². The fourth-order valence-corrected chi connectivity index (χ4v) is 2.58. The van der Waals surface area contributed by atoms with Gasteiger partial charge in [-0.2, -0.15) is 0 Å². The van der Waals surface area contributed by atoms with Gasteiger partial charge in [-0.15, -0.1) is 0 Å². The second-order valence-electron chi connectivity index (χ2n) is 5.57. The summed E-state index contributed by atoms with van der Waals surface area (Å²) in [5.74, 6) is 2.06. The number of aldehydes is 1. The van der Waals surface area contributed by atoms with Crippen molar-refractivity contribution in [2.45, 2.75) is 17.5 Å². The normalized spacial score (nSPS) is 11.3. The minimum atomic E-state index is -1.83. The molecule has 5 nitrogen and oxygen atoms in total. The Labute approximate surface area is 170 Å². The Kier molecular flexibility index (Phi) is 5.95. The molecule has 0 saturated heterocycles. The summed E-state index contributed by atoms with van der Waals surface area (Å²) < 4.78 is 14.7. The van der Waals surface area contributed by atoms with Gasteiger partial charge in [-0.3, -0.25) is 4.79 Å². The molecule has 140 valence electrons. The molecule has 0 atom stereocenters. The highest BCUT2D eigenvalue weighted by molar-refractivity contribution is 6.66. The van der Waals surface area contributed by atoms with E-state index in [-0.39, 0.29) is 6.61 Å². The van der Waals surface area contributed by atoms with E-state index in [2.05, 4.69) is 4.98 Å². The summed E-state index contributed by atoms with van der Waals surface area (Å²) in [5, 5.41) is 0. The summed E-state index contributed by atoms with van der Waals surface area (Å²) >= 11 is 16.8. The lowest BCUT2D eigenvalue weighted by Crippen LogP contribution is -2.12. The topological polar surface area (TPSA) is 61.6 Å². The van der Waals surface area contributed by atoms with Crippen LogP contribution in [0, 0.1) is 6.92 Å². The minimum Gasteiger partial charge on any atom is -0.487 e. The van der Waals surface area contributed by atoms with Crippen LogP contribution in [0.15, 0.2) is 52.9 Å². The van der Waals surface area contributed by atoms with Crippen LogP contribution < -0.4 is 9.47 Å². The van der Waals surface area contributed by atoms with Crippen molar-refractivity contribution in [2.75, 3.05) is 0 Å². The van der Waals surface area contributed by atoms with Gasteiger partial charge in [-0.1, -0.05) is 12.1 Å². The predicted molar refractivity (Wildman–Crippen MR) is 104 cm³/mol. The molecule has 8 heteroatoms. The lowest BCUT2D eigenvalue weighted by molar-refractivity contribution is 0.112. The molecule has 0 amide bonds. The van der Waals surface area contributed by atoms with Gasteiger partial charge in [0.2, 0.25) is 5.89 Å². The van der Waals surface area contributed by atoms with Gasteiger partial charge in [0.15, 0.2) is 0 Å². The van der Waals surface area contributed by atoms with Crippen molar-refractivity contribution in [1.82, 2.24) is 4.98 Å². The molecule has 0 unspecified atom stereocenters. The SMILES string of the molecule is Cc1oc(-c2ccc(OC(Cl)(Cl)Cl)cc2)nc1COc1cccc(C=O)c1. The van der Waals surface area contributed by atoms with Crippen LogP contribution in [-0.4, -0.2) is 15.2 Å². The maximum atomic E-state index is 10.8. The highest BCUT2D eigenvalue weighted by atomic mass is 35.6. The summed E-state index contributed by atoms with van der Waals surface area (Å²) in [5.41, 5.74) is 1.94. The Bertz CT molecular complexity index is 933. The molecule has 3 rings (SSSR count). The first-order chi connectivity index (χ1) is 12.8. The molecule has 2 aromatic carbocycles. The molecule has 0 fully saturated rings. The Morgan fingerprint density at radius 2 is 1.85 bits per heavy atom. The van der Waals surface area contributed by atoms with E-state index in [0.29, 0.717) is 34.4 Å². The van der Waals surface area contributed by atoms with Crippen molar-refractivity contribution >= 4 is 41.1 Å². The summed E-state index contributed by atoms with van der Waals surface area (Å²) in [6.07, 6.45) is 0.766. The molecular formula is C19H14Cl3NO4. The van der Waals surface area contributed by atoms with E-state index < -0.39 is 3.98 Å². The third kappa shape index (κ3) is 5.39. The van der Waals surface area contributed by atoms with Gasteiger partial charge in [-0.25, -0.2) is 4.98 Å². The van der Waals surface area contributed by atoms with Crippen LogP contribution in [0.2, 0.25) is 0 Å². The van der Waals surface area contributed by atoms with Crippen LogP contribution in [0.1, 0.15) is 21.8 Å². The smallest absolute Gasteiger partial charge is 0.338 e. The third-order valence-electron chi connectivity index (χ3n) is 3.60. The number of oxazole rings is 1. The van der Waals surface area contributed by atoms with Gasteiger partial charge < -0.3 is 13.9 Å². The monoisotopic (exact) mass is 425 g/mol. The highest BCUT2D eigenvalue weighted by Crippen LogP contribution is 2.31. The van der Waals surface area contributed by atoms with Gasteiger partial charge >= 0.3 is 3.98 Å². The lowest BCUT2D eigenvalue weighted by atomic mass is 10.2. The molecule has 0 aliphatic carbocycles. The number of carbonyl (C=O) groups excluding carboxylic acids is 1. The molecule has 0 aliphatic rings. The fourth-order valence-electron chi connectivity index (χ4n) is 2.31. The summed E-state index contributed by atoms with van der Waals surface area (Å²) in [4.78, 5) is 15.3. The molecule has 1 aromatic heterocycles. The van der Waals surface area contributed by atoms with Gasteiger partial charge in [0.25, 0.3) is 0 Å². The molecule has 0 aliphatic heterocycles. The number of aromatic nitrogens is 1. The maximum absolute atomic E-state index is 10.8. The zero-order valence-corrected chi connectivity index (χ0v) is 16.4.